The van der Waals surface area contributed by atoms with Crippen LogP contribution in [0.5, 0.6) is 0 Å². The summed E-state index contributed by atoms with van der Waals surface area (Å²) in [5, 5.41) is 15.1. The second-order valence-electron chi connectivity index (χ2n) is 4.85. The van der Waals surface area contributed by atoms with Crippen molar-refractivity contribution >= 4 is 29.2 Å². The number of amides is 1. The molecule has 20 heavy (non-hydrogen) atoms. The Morgan fingerprint density at radius 1 is 1.30 bits per heavy atom. The first kappa shape index (κ1) is 14.8. The van der Waals surface area contributed by atoms with E-state index in [-0.39, 0.29) is 22.5 Å². The summed E-state index contributed by atoms with van der Waals surface area (Å²) in [5.41, 5.74) is 0.432. The maximum Gasteiger partial charge on any atom is 0.337 e. The summed E-state index contributed by atoms with van der Waals surface area (Å²) in [4.78, 5) is 23.1. The van der Waals surface area contributed by atoms with Gasteiger partial charge < -0.3 is 15.7 Å². The van der Waals surface area contributed by atoms with Crippen molar-refractivity contribution in [2.75, 3.05) is 11.9 Å². The molecule has 0 spiro atoms. The lowest BCUT2D eigenvalue weighted by molar-refractivity contribution is -0.118. The van der Waals surface area contributed by atoms with Crippen molar-refractivity contribution in [2.45, 2.75) is 31.7 Å². The summed E-state index contributed by atoms with van der Waals surface area (Å²) in [7, 11) is 0. The van der Waals surface area contributed by atoms with E-state index in [0.717, 1.165) is 32.2 Å². The molecule has 0 radical (unpaired) electrons. The van der Waals surface area contributed by atoms with Gasteiger partial charge in [0.2, 0.25) is 5.91 Å². The van der Waals surface area contributed by atoms with Crippen LogP contribution in [0.25, 0.3) is 0 Å². The van der Waals surface area contributed by atoms with Gasteiger partial charge in [0.1, 0.15) is 0 Å². The van der Waals surface area contributed by atoms with Gasteiger partial charge in [-0.1, -0.05) is 24.4 Å². The Bertz CT molecular complexity index is 511. The summed E-state index contributed by atoms with van der Waals surface area (Å²) in [6.45, 7) is 0.832. The second-order valence-corrected chi connectivity index (χ2v) is 5.25. The SMILES string of the molecule is O=C(O)c1cc(NC(=O)C2CCCCCN2)ccc1Cl. The van der Waals surface area contributed by atoms with Crippen LogP contribution in [-0.2, 0) is 4.79 Å². The van der Waals surface area contributed by atoms with Gasteiger partial charge >= 0.3 is 5.97 Å². The molecule has 1 saturated heterocycles. The number of aromatic carboxylic acids is 1. The molecule has 1 aliphatic heterocycles. The normalized spacial score (nSPS) is 19.1. The first-order valence-corrected chi connectivity index (χ1v) is 7.03. The molecular formula is C14H17ClN2O3. The van der Waals surface area contributed by atoms with Gasteiger partial charge in [0.05, 0.1) is 16.6 Å². The third kappa shape index (κ3) is 3.71. The van der Waals surface area contributed by atoms with Crippen LogP contribution in [0.3, 0.4) is 0 Å². The van der Waals surface area contributed by atoms with Gasteiger partial charge in [0.25, 0.3) is 0 Å². The minimum Gasteiger partial charge on any atom is -0.478 e. The van der Waals surface area contributed by atoms with Crippen LogP contribution in [0, 0.1) is 0 Å². The van der Waals surface area contributed by atoms with Crippen LogP contribution < -0.4 is 10.6 Å². The fourth-order valence-corrected chi connectivity index (χ4v) is 2.45. The molecule has 1 atom stereocenters. The standard InChI is InChI=1S/C14H17ClN2O3/c15-11-6-5-9(8-10(11)14(19)20)17-13(18)12-4-2-1-3-7-16-12/h5-6,8,12,16H,1-4,7H2,(H,17,18)(H,19,20). The molecule has 3 N–H and O–H groups in total. The van der Waals surface area contributed by atoms with Crippen LogP contribution in [-0.4, -0.2) is 29.6 Å². The number of carbonyl (C=O) groups excluding carboxylic acids is 1. The monoisotopic (exact) mass is 296 g/mol. The van der Waals surface area contributed by atoms with Gasteiger partial charge in [-0.25, -0.2) is 4.79 Å². The predicted molar refractivity (Wildman–Crippen MR) is 77.3 cm³/mol. The van der Waals surface area contributed by atoms with Gasteiger partial charge in [-0.15, -0.1) is 0 Å². The lowest BCUT2D eigenvalue weighted by Crippen LogP contribution is -2.39. The number of carbonyl (C=O) groups is 2. The van der Waals surface area contributed by atoms with Crippen LogP contribution in [0.4, 0.5) is 5.69 Å². The third-order valence-electron chi connectivity index (χ3n) is 3.34. The van der Waals surface area contributed by atoms with E-state index in [0.29, 0.717) is 5.69 Å². The van der Waals surface area contributed by atoms with Crippen LogP contribution in [0.1, 0.15) is 36.0 Å². The molecule has 1 aromatic rings. The number of rotatable bonds is 3. The Morgan fingerprint density at radius 3 is 2.85 bits per heavy atom. The highest BCUT2D eigenvalue weighted by Crippen LogP contribution is 2.21. The van der Waals surface area contributed by atoms with E-state index in [2.05, 4.69) is 10.6 Å². The summed E-state index contributed by atoms with van der Waals surface area (Å²) < 4.78 is 0. The molecule has 0 bridgehead atoms. The maximum atomic E-state index is 12.1. The number of benzene rings is 1. The van der Waals surface area contributed by atoms with Gasteiger partial charge in [-0.2, -0.15) is 0 Å². The molecule has 1 aliphatic rings. The highest BCUT2D eigenvalue weighted by Gasteiger charge is 2.20. The molecule has 6 heteroatoms. The summed E-state index contributed by atoms with van der Waals surface area (Å²) in [6.07, 6.45) is 4.02. The second kappa shape index (κ2) is 6.72. The molecule has 2 rings (SSSR count). The Balaban J connectivity index is 2.07. The van der Waals surface area contributed by atoms with Crippen molar-refractivity contribution in [3.63, 3.8) is 0 Å². The first-order chi connectivity index (χ1) is 9.58. The molecule has 5 nitrogen and oxygen atoms in total. The Hall–Kier alpha value is -1.59. The number of carboxylic acid groups (broad SMARTS) is 1. The lowest BCUT2D eigenvalue weighted by atomic mass is 10.1. The maximum absolute atomic E-state index is 12.1. The van der Waals surface area contributed by atoms with Crippen LogP contribution in [0.15, 0.2) is 18.2 Å². The molecule has 0 saturated carbocycles. The minimum absolute atomic E-state index is 0.0155. The largest absolute Gasteiger partial charge is 0.478 e. The Labute approximate surface area is 122 Å². The highest BCUT2D eigenvalue weighted by molar-refractivity contribution is 6.33. The summed E-state index contributed by atoms with van der Waals surface area (Å²) in [6, 6.07) is 4.23. The average molecular weight is 297 g/mol. The zero-order chi connectivity index (χ0) is 14.5. The van der Waals surface area contributed by atoms with E-state index in [1.807, 2.05) is 0 Å². The average Bonchev–Trinajstić information content (AvgIpc) is 2.69. The van der Waals surface area contributed by atoms with Crippen LogP contribution in [0.2, 0.25) is 5.02 Å². The number of hydrogen-bond donors (Lipinski definition) is 3. The van der Waals surface area contributed by atoms with E-state index in [1.165, 1.54) is 12.1 Å². The number of carboxylic acids is 1. The quantitative estimate of drug-likeness (QED) is 0.801. The van der Waals surface area contributed by atoms with E-state index < -0.39 is 5.97 Å². The molecule has 1 heterocycles. The third-order valence-corrected chi connectivity index (χ3v) is 3.67. The summed E-state index contributed by atoms with van der Waals surface area (Å²) >= 11 is 5.79. The Morgan fingerprint density at radius 2 is 2.10 bits per heavy atom. The number of hydrogen-bond acceptors (Lipinski definition) is 3. The van der Waals surface area contributed by atoms with E-state index in [9.17, 15) is 9.59 Å². The summed E-state index contributed by atoms with van der Waals surface area (Å²) in [5.74, 6) is -1.25. The zero-order valence-electron chi connectivity index (χ0n) is 11.0. The van der Waals surface area contributed by atoms with Crippen molar-refractivity contribution in [3.8, 4) is 0 Å². The molecule has 0 aromatic heterocycles. The lowest BCUT2D eigenvalue weighted by Gasteiger charge is -2.16. The minimum atomic E-state index is -1.11. The molecule has 0 aliphatic carbocycles. The van der Waals surface area contributed by atoms with E-state index >= 15 is 0 Å². The first-order valence-electron chi connectivity index (χ1n) is 6.65. The van der Waals surface area contributed by atoms with Gasteiger partial charge in [0.15, 0.2) is 0 Å². The van der Waals surface area contributed by atoms with Gasteiger partial charge in [-0.05, 0) is 37.6 Å². The molecule has 108 valence electrons. The Kier molecular flexibility index (Phi) is 4.98. The highest BCUT2D eigenvalue weighted by atomic mass is 35.5. The number of halogens is 1. The zero-order valence-corrected chi connectivity index (χ0v) is 11.7. The van der Waals surface area contributed by atoms with Gasteiger partial charge in [0, 0.05) is 5.69 Å². The van der Waals surface area contributed by atoms with Gasteiger partial charge in [-0.3, -0.25) is 4.79 Å². The van der Waals surface area contributed by atoms with Crippen molar-refractivity contribution in [1.29, 1.82) is 0 Å². The number of nitrogens with one attached hydrogen (secondary N) is 2. The molecule has 1 amide bonds. The van der Waals surface area contributed by atoms with Crippen molar-refractivity contribution in [3.05, 3.63) is 28.8 Å². The van der Waals surface area contributed by atoms with Crippen molar-refractivity contribution in [1.82, 2.24) is 5.32 Å². The van der Waals surface area contributed by atoms with Crippen molar-refractivity contribution in [2.24, 2.45) is 0 Å². The topological polar surface area (TPSA) is 78.4 Å². The van der Waals surface area contributed by atoms with Crippen molar-refractivity contribution < 1.29 is 14.7 Å². The number of anilines is 1. The van der Waals surface area contributed by atoms with Crippen LogP contribution >= 0.6 is 11.6 Å². The molecule has 1 unspecified atom stereocenters. The smallest absolute Gasteiger partial charge is 0.337 e. The van der Waals surface area contributed by atoms with E-state index in [1.54, 1.807) is 6.07 Å². The van der Waals surface area contributed by atoms with E-state index in [4.69, 9.17) is 16.7 Å². The fraction of sp³-hybridized carbons (Fsp3) is 0.429. The molecular weight excluding hydrogens is 280 g/mol. The predicted octanol–water partition coefficient (Wildman–Crippen LogP) is 2.51. The molecule has 1 aromatic carbocycles. The fourth-order valence-electron chi connectivity index (χ4n) is 2.25. The molecule has 1 fully saturated rings.